The van der Waals surface area contributed by atoms with E-state index in [2.05, 4.69) is 228 Å². The average Bonchev–Trinajstić information content (AvgIpc) is 3.87. The smallest absolute Gasteiger partial charge is 0.137 e. The lowest BCUT2D eigenvalue weighted by atomic mass is 9.92. The van der Waals surface area contributed by atoms with Gasteiger partial charge in [-0.2, -0.15) is 0 Å². The van der Waals surface area contributed by atoms with E-state index in [0.29, 0.717) is 0 Å². The predicted molar refractivity (Wildman–Crippen MR) is 257 cm³/mol. The van der Waals surface area contributed by atoms with Crippen molar-refractivity contribution in [3.05, 3.63) is 231 Å². The number of anilines is 3. The van der Waals surface area contributed by atoms with Gasteiger partial charge >= 0.3 is 0 Å². The number of hydrogen-bond acceptors (Lipinski definition) is 2. The van der Waals surface area contributed by atoms with Crippen LogP contribution >= 0.6 is 0 Å². The highest BCUT2D eigenvalue weighted by Crippen LogP contribution is 2.44. The van der Waals surface area contributed by atoms with Gasteiger partial charge in [0.15, 0.2) is 0 Å². The first kappa shape index (κ1) is 34.9. The Balaban J connectivity index is 1.02. The van der Waals surface area contributed by atoms with Gasteiger partial charge in [-0.05, 0) is 105 Å². The van der Waals surface area contributed by atoms with E-state index in [4.69, 9.17) is 4.42 Å². The van der Waals surface area contributed by atoms with Gasteiger partial charge in [0.2, 0.25) is 0 Å². The van der Waals surface area contributed by atoms with Gasteiger partial charge in [-0.1, -0.05) is 158 Å². The summed E-state index contributed by atoms with van der Waals surface area (Å²) in [7, 11) is 0. The standard InChI is InChI=1S/C58H38N2O/c1-2-14-41(15-3-1)48-20-12-23-55(60-53-21-9-6-17-49(53)50-18-7-10-22-54(50)60)58(48)42-29-33-46(34-30-42)59(47-35-36-52-51-19-8-11-24-56(51)61-57(52)38-47)45-31-27-40(28-32-45)44-26-25-39-13-4-5-16-43(39)37-44/h1-38H. The van der Waals surface area contributed by atoms with Crippen LogP contribution in [0.1, 0.15) is 0 Å². The van der Waals surface area contributed by atoms with Crippen molar-refractivity contribution in [3.63, 3.8) is 0 Å². The van der Waals surface area contributed by atoms with E-state index in [1.165, 1.54) is 60.4 Å². The number of furan rings is 1. The topological polar surface area (TPSA) is 21.3 Å². The first-order chi connectivity index (χ1) is 30.2. The second kappa shape index (κ2) is 14.3. The summed E-state index contributed by atoms with van der Waals surface area (Å²) < 4.78 is 8.88. The van der Waals surface area contributed by atoms with Gasteiger partial charge in [-0.25, -0.2) is 0 Å². The Morgan fingerprint density at radius 2 is 0.902 bits per heavy atom. The Labute approximate surface area is 353 Å². The van der Waals surface area contributed by atoms with Crippen LogP contribution in [0.5, 0.6) is 0 Å². The summed E-state index contributed by atoms with van der Waals surface area (Å²) >= 11 is 0. The Hall–Kier alpha value is -8.14. The Morgan fingerprint density at radius 3 is 1.64 bits per heavy atom. The minimum atomic E-state index is 0.862. The van der Waals surface area contributed by atoms with Gasteiger partial charge in [-0.3, -0.25) is 0 Å². The number of aromatic nitrogens is 1. The van der Waals surface area contributed by atoms with E-state index in [1.807, 2.05) is 12.1 Å². The molecule has 0 radical (unpaired) electrons. The molecule has 3 heteroatoms. The maximum atomic E-state index is 6.44. The second-order valence-electron chi connectivity index (χ2n) is 15.7. The third kappa shape index (κ3) is 5.90. The van der Waals surface area contributed by atoms with E-state index in [0.717, 1.165) is 50.3 Å². The van der Waals surface area contributed by atoms with Crippen LogP contribution in [0, 0.1) is 0 Å². The number of benzene rings is 10. The fraction of sp³-hybridized carbons (Fsp3) is 0. The fourth-order valence-corrected chi connectivity index (χ4v) is 9.32. The maximum Gasteiger partial charge on any atom is 0.137 e. The Bertz CT molecular complexity index is 3520. The molecule has 0 saturated heterocycles. The molecule has 0 spiro atoms. The average molecular weight is 779 g/mol. The molecule has 286 valence electrons. The Morgan fingerprint density at radius 1 is 0.328 bits per heavy atom. The third-order valence-corrected chi connectivity index (χ3v) is 12.2. The Kier molecular flexibility index (Phi) is 8.17. The van der Waals surface area contributed by atoms with Gasteiger partial charge < -0.3 is 13.9 Å². The van der Waals surface area contributed by atoms with Crippen LogP contribution in [0.3, 0.4) is 0 Å². The fourth-order valence-electron chi connectivity index (χ4n) is 9.32. The summed E-state index contributed by atoms with van der Waals surface area (Å²) in [6, 6.07) is 83.0. The minimum Gasteiger partial charge on any atom is -0.456 e. The van der Waals surface area contributed by atoms with Gasteiger partial charge in [0, 0.05) is 50.2 Å². The zero-order valence-corrected chi connectivity index (χ0v) is 33.2. The number of para-hydroxylation sites is 3. The molecule has 0 aliphatic heterocycles. The summed E-state index contributed by atoms with van der Waals surface area (Å²) in [5, 5.41) is 7.20. The first-order valence-electron chi connectivity index (χ1n) is 20.8. The molecule has 0 aliphatic rings. The lowest BCUT2D eigenvalue weighted by molar-refractivity contribution is 0.669. The number of nitrogens with zero attached hydrogens (tertiary/aromatic N) is 2. The van der Waals surface area contributed by atoms with Crippen molar-refractivity contribution in [3.8, 4) is 39.1 Å². The van der Waals surface area contributed by atoms with Gasteiger partial charge in [0.1, 0.15) is 11.2 Å². The summed E-state index contributed by atoms with van der Waals surface area (Å²) in [6.07, 6.45) is 0. The predicted octanol–water partition coefficient (Wildman–Crippen LogP) is 16.3. The quantitative estimate of drug-likeness (QED) is 0.161. The summed E-state index contributed by atoms with van der Waals surface area (Å²) in [5.74, 6) is 0. The molecule has 2 aromatic heterocycles. The number of hydrogen-bond donors (Lipinski definition) is 0. The molecular formula is C58H38N2O. The molecule has 2 heterocycles. The SMILES string of the molecule is c1ccc(-c2cccc(-n3c4ccccc4c4ccccc43)c2-c2ccc(N(c3ccc(-c4ccc5ccccc5c4)cc3)c3ccc4c(c3)oc3ccccc34)cc2)cc1. The molecule has 12 aromatic rings. The largest absolute Gasteiger partial charge is 0.456 e. The lowest BCUT2D eigenvalue weighted by Gasteiger charge is -2.26. The second-order valence-corrected chi connectivity index (χ2v) is 15.7. The molecule has 0 atom stereocenters. The molecule has 0 bridgehead atoms. The molecule has 0 saturated carbocycles. The summed E-state index contributed by atoms with van der Waals surface area (Å²) in [6.45, 7) is 0. The van der Waals surface area contributed by atoms with Crippen LogP contribution in [-0.2, 0) is 0 Å². The van der Waals surface area contributed by atoms with Crippen molar-refractivity contribution in [1.82, 2.24) is 4.57 Å². The van der Waals surface area contributed by atoms with E-state index < -0.39 is 0 Å². The van der Waals surface area contributed by atoms with Crippen molar-refractivity contribution in [2.75, 3.05) is 4.90 Å². The van der Waals surface area contributed by atoms with E-state index in [9.17, 15) is 0 Å². The molecule has 10 aromatic carbocycles. The zero-order chi connectivity index (χ0) is 40.3. The highest BCUT2D eigenvalue weighted by molar-refractivity contribution is 6.10. The third-order valence-electron chi connectivity index (χ3n) is 12.2. The van der Waals surface area contributed by atoms with Crippen LogP contribution in [-0.4, -0.2) is 4.57 Å². The van der Waals surface area contributed by atoms with Gasteiger partial charge in [-0.15, -0.1) is 0 Å². The molecule has 0 fully saturated rings. The zero-order valence-electron chi connectivity index (χ0n) is 33.2. The highest BCUT2D eigenvalue weighted by Gasteiger charge is 2.21. The maximum absolute atomic E-state index is 6.44. The van der Waals surface area contributed by atoms with Crippen molar-refractivity contribution in [2.24, 2.45) is 0 Å². The van der Waals surface area contributed by atoms with E-state index in [1.54, 1.807) is 0 Å². The minimum absolute atomic E-state index is 0.862. The number of fused-ring (bicyclic) bond motifs is 7. The van der Waals surface area contributed by atoms with Crippen LogP contribution in [0.4, 0.5) is 17.1 Å². The molecule has 0 N–H and O–H groups in total. The van der Waals surface area contributed by atoms with Crippen LogP contribution < -0.4 is 4.90 Å². The first-order valence-corrected chi connectivity index (χ1v) is 20.8. The normalized spacial score (nSPS) is 11.6. The van der Waals surface area contributed by atoms with Crippen molar-refractivity contribution < 1.29 is 4.42 Å². The van der Waals surface area contributed by atoms with Crippen molar-refractivity contribution in [2.45, 2.75) is 0 Å². The lowest BCUT2D eigenvalue weighted by Crippen LogP contribution is -2.10. The highest BCUT2D eigenvalue weighted by atomic mass is 16.3. The monoisotopic (exact) mass is 778 g/mol. The molecule has 0 unspecified atom stereocenters. The van der Waals surface area contributed by atoms with E-state index in [-0.39, 0.29) is 0 Å². The molecule has 12 rings (SSSR count). The van der Waals surface area contributed by atoms with Gasteiger partial charge in [0.05, 0.1) is 16.7 Å². The summed E-state index contributed by atoms with van der Waals surface area (Å²) in [5.41, 5.74) is 15.4. The van der Waals surface area contributed by atoms with Crippen molar-refractivity contribution in [1.29, 1.82) is 0 Å². The number of rotatable bonds is 7. The molecule has 0 amide bonds. The molecular weight excluding hydrogens is 741 g/mol. The molecule has 0 aliphatic carbocycles. The van der Waals surface area contributed by atoms with Crippen LogP contribution in [0.15, 0.2) is 235 Å². The van der Waals surface area contributed by atoms with Gasteiger partial charge in [0.25, 0.3) is 0 Å². The van der Waals surface area contributed by atoms with Crippen molar-refractivity contribution >= 4 is 71.6 Å². The van der Waals surface area contributed by atoms with Crippen LogP contribution in [0.2, 0.25) is 0 Å². The van der Waals surface area contributed by atoms with E-state index >= 15 is 0 Å². The summed E-state index contributed by atoms with van der Waals surface area (Å²) in [4.78, 5) is 2.33. The van der Waals surface area contributed by atoms with Crippen LogP contribution in [0.25, 0.3) is 93.6 Å². The molecule has 3 nitrogen and oxygen atoms in total. The molecule has 61 heavy (non-hydrogen) atoms.